The number of aliphatic hydroxyl groups excluding tert-OH is 1. The van der Waals surface area contributed by atoms with Gasteiger partial charge >= 0.3 is 0 Å². The predicted molar refractivity (Wildman–Crippen MR) is 113 cm³/mol. The third-order valence-electron chi connectivity index (χ3n) is 4.86. The van der Waals surface area contributed by atoms with E-state index in [0.29, 0.717) is 5.56 Å². The molecule has 5 nitrogen and oxygen atoms in total. The van der Waals surface area contributed by atoms with Gasteiger partial charge in [0.1, 0.15) is 0 Å². The van der Waals surface area contributed by atoms with Crippen molar-refractivity contribution in [2.75, 3.05) is 26.3 Å². The number of amides is 1. The summed E-state index contributed by atoms with van der Waals surface area (Å²) in [6.45, 7) is 9.80. The fourth-order valence-corrected chi connectivity index (χ4v) is 2.93. The Morgan fingerprint density at radius 2 is 1.66 bits per heavy atom. The first-order chi connectivity index (χ1) is 14.0. The van der Waals surface area contributed by atoms with Gasteiger partial charge in [0.2, 0.25) is 0 Å². The first-order valence-electron chi connectivity index (χ1n) is 9.84. The third-order valence-corrected chi connectivity index (χ3v) is 4.86. The maximum absolute atomic E-state index is 12.1. The Morgan fingerprint density at radius 1 is 1.10 bits per heavy atom. The molecule has 5 heteroatoms. The number of hydrogen-bond donors (Lipinski definition) is 2. The average Bonchev–Trinajstić information content (AvgIpc) is 2.74. The first kappa shape index (κ1) is 21.1. The van der Waals surface area contributed by atoms with Crippen molar-refractivity contribution in [3.05, 3.63) is 77.7 Å². The molecular formula is C24H27N2O3. The lowest BCUT2D eigenvalue weighted by atomic mass is 10.1. The largest absolute Gasteiger partial charge is 0.391 e. The van der Waals surface area contributed by atoms with E-state index in [1.807, 2.05) is 24.3 Å². The Hall–Kier alpha value is -2.65. The van der Waals surface area contributed by atoms with Gasteiger partial charge in [0.15, 0.2) is 0 Å². The second kappa shape index (κ2) is 10.2. The highest BCUT2D eigenvalue weighted by atomic mass is 16.5. The maximum atomic E-state index is 12.1. The lowest BCUT2D eigenvalue weighted by Gasteiger charge is -2.26. The zero-order chi connectivity index (χ0) is 20.6. The van der Waals surface area contributed by atoms with Crippen molar-refractivity contribution in [2.24, 2.45) is 0 Å². The van der Waals surface area contributed by atoms with Gasteiger partial charge in [-0.3, -0.25) is 9.69 Å². The summed E-state index contributed by atoms with van der Waals surface area (Å²) in [4.78, 5) is 14.5. The molecule has 1 heterocycles. The summed E-state index contributed by atoms with van der Waals surface area (Å²) in [6, 6.07) is 14.8. The molecule has 1 fully saturated rings. The number of nitrogens with zero attached hydrogens (tertiary/aromatic N) is 1. The van der Waals surface area contributed by atoms with Crippen molar-refractivity contribution in [1.29, 1.82) is 0 Å². The quantitative estimate of drug-likeness (QED) is 0.768. The van der Waals surface area contributed by atoms with Gasteiger partial charge in [-0.15, -0.1) is 0 Å². The standard InChI is InChI=1S/C24H27N2O3/c1-18(19(2)27)25-24(28)23-11-9-21(10-12-23)4-3-20-5-7-22(8-6-20)17-26-13-15-29-16-14-26/h5-12,18-19,27H,1,13-17H2,2H3,(H,25,28). The molecule has 1 amide bonds. The van der Waals surface area contributed by atoms with Crippen LogP contribution in [0.1, 0.15) is 34.0 Å². The second-order valence-corrected chi connectivity index (χ2v) is 7.23. The Balaban J connectivity index is 1.57. The topological polar surface area (TPSA) is 61.8 Å². The number of aliphatic hydroxyl groups is 1. The van der Waals surface area contributed by atoms with Crippen LogP contribution in [0.25, 0.3) is 0 Å². The Morgan fingerprint density at radius 3 is 2.21 bits per heavy atom. The summed E-state index contributed by atoms with van der Waals surface area (Å²) >= 11 is 0. The number of carbonyl (C=O) groups excluding carboxylic acids is 1. The van der Waals surface area contributed by atoms with Gasteiger partial charge in [0.05, 0.1) is 25.4 Å². The molecule has 1 aliphatic rings. The van der Waals surface area contributed by atoms with Crippen LogP contribution in [0.15, 0.2) is 48.5 Å². The summed E-state index contributed by atoms with van der Waals surface area (Å²) in [6.07, 6.45) is -0.704. The molecule has 2 aromatic carbocycles. The van der Waals surface area contributed by atoms with Gasteiger partial charge in [-0.25, -0.2) is 0 Å². The molecule has 2 atom stereocenters. The van der Waals surface area contributed by atoms with Gasteiger partial charge in [0, 0.05) is 36.3 Å². The van der Waals surface area contributed by atoms with Gasteiger partial charge in [-0.2, -0.15) is 0 Å². The molecule has 1 aliphatic heterocycles. The predicted octanol–water partition coefficient (Wildman–Crippen LogP) is 2.23. The molecule has 2 unspecified atom stereocenters. The fraction of sp³-hybridized carbons (Fsp3) is 0.333. The van der Waals surface area contributed by atoms with E-state index in [0.717, 1.165) is 44.0 Å². The van der Waals surface area contributed by atoms with E-state index in [4.69, 9.17) is 4.74 Å². The van der Waals surface area contributed by atoms with E-state index < -0.39 is 12.1 Å². The van der Waals surface area contributed by atoms with Crippen LogP contribution in [-0.2, 0) is 11.3 Å². The molecule has 1 saturated heterocycles. The molecule has 0 aromatic heterocycles. The molecule has 29 heavy (non-hydrogen) atoms. The van der Waals surface area contributed by atoms with Crippen LogP contribution in [0.5, 0.6) is 0 Å². The summed E-state index contributed by atoms with van der Waals surface area (Å²) in [5.41, 5.74) is 3.57. The molecule has 3 rings (SSSR count). The molecule has 0 aliphatic carbocycles. The van der Waals surface area contributed by atoms with E-state index in [9.17, 15) is 9.90 Å². The summed E-state index contributed by atoms with van der Waals surface area (Å²) in [5, 5.41) is 12.1. The van der Waals surface area contributed by atoms with Gasteiger partial charge in [-0.05, 0) is 55.8 Å². The summed E-state index contributed by atoms with van der Waals surface area (Å²) in [7, 11) is 0. The molecule has 2 aromatic rings. The van der Waals surface area contributed by atoms with Crippen molar-refractivity contribution in [2.45, 2.75) is 25.6 Å². The SMILES string of the molecule is [CH2]C(NC(=O)c1ccc(C#Cc2ccc(CN3CCOCC3)cc2)cc1)C(C)O. The Kier molecular flexibility index (Phi) is 7.42. The van der Waals surface area contributed by atoms with Gasteiger partial charge in [0.25, 0.3) is 5.91 Å². The van der Waals surface area contributed by atoms with Crippen LogP contribution < -0.4 is 5.32 Å². The zero-order valence-electron chi connectivity index (χ0n) is 16.7. The van der Waals surface area contributed by atoms with Crippen LogP contribution >= 0.6 is 0 Å². The highest BCUT2D eigenvalue weighted by Gasteiger charge is 2.13. The Labute approximate surface area is 172 Å². The molecule has 151 valence electrons. The number of rotatable bonds is 5. The number of carbonyl (C=O) groups is 1. The number of nitrogens with one attached hydrogen (secondary N) is 1. The van der Waals surface area contributed by atoms with Gasteiger partial charge in [-0.1, -0.05) is 24.0 Å². The smallest absolute Gasteiger partial charge is 0.251 e. The lowest BCUT2D eigenvalue weighted by molar-refractivity contribution is 0.0342. The maximum Gasteiger partial charge on any atom is 0.251 e. The molecule has 0 bridgehead atoms. The van der Waals surface area contributed by atoms with E-state index in [-0.39, 0.29) is 5.91 Å². The van der Waals surface area contributed by atoms with Crippen molar-refractivity contribution in [3.63, 3.8) is 0 Å². The monoisotopic (exact) mass is 391 g/mol. The number of benzene rings is 2. The molecule has 1 radical (unpaired) electrons. The number of hydrogen-bond acceptors (Lipinski definition) is 4. The van der Waals surface area contributed by atoms with Crippen molar-refractivity contribution in [1.82, 2.24) is 10.2 Å². The lowest BCUT2D eigenvalue weighted by Crippen LogP contribution is -2.39. The van der Waals surface area contributed by atoms with E-state index in [1.165, 1.54) is 5.56 Å². The summed E-state index contributed by atoms with van der Waals surface area (Å²) in [5.74, 6) is 6.02. The summed E-state index contributed by atoms with van der Waals surface area (Å²) < 4.78 is 5.38. The minimum Gasteiger partial charge on any atom is -0.391 e. The first-order valence-corrected chi connectivity index (χ1v) is 9.84. The molecule has 2 N–H and O–H groups in total. The second-order valence-electron chi connectivity index (χ2n) is 7.23. The van der Waals surface area contributed by atoms with E-state index >= 15 is 0 Å². The highest BCUT2D eigenvalue weighted by Crippen LogP contribution is 2.09. The molecule has 0 spiro atoms. The van der Waals surface area contributed by atoms with Crippen LogP contribution in [-0.4, -0.2) is 54.4 Å². The minimum atomic E-state index is -0.704. The number of ether oxygens (including phenoxy) is 1. The molecular weight excluding hydrogens is 364 g/mol. The van der Waals surface area contributed by atoms with Crippen molar-refractivity contribution < 1.29 is 14.6 Å². The Bertz CT molecular complexity index is 858. The van der Waals surface area contributed by atoms with Crippen LogP contribution in [0.3, 0.4) is 0 Å². The highest BCUT2D eigenvalue weighted by molar-refractivity contribution is 5.94. The zero-order valence-corrected chi connectivity index (χ0v) is 16.7. The van der Waals surface area contributed by atoms with Gasteiger partial charge < -0.3 is 15.2 Å². The molecule has 0 saturated carbocycles. The fourth-order valence-electron chi connectivity index (χ4n) is 2.93. The van der Waals surface area contributed by atoms with Crippen LogP contribution in [0.4, 0.5) is 0 Å². The average molecular weight is 391 g/mol. The third kappa shape index (κ3) is 6.43. The van der Waals surface area contributed by atoms with Crippen LogP contribution in [0, 0.1) is 18.8 Å². The normalized spacial score (nSPS) is 16.4. The van der Waals surface area contributed by atoms with Crippen molar-refractivity contribution in [3.8, 4) is 11.8 Å². The van der Waals surface area contributed by atoms with Crippen LogP contribution in [0.2, 0.25) is 0 Å². The number of morpholine rings is 1. The van der Waals surface area contributed by atoms with E-state index in [1.54, 1.807) is 19.1 Å². The van der Waals surface area contributed by atoms with Crippen molar-refractivity contribution >= 4 is 5.91 Å². The minimum absolute atomic E-state index is 0.263. The van der Waals surface area contributed by atoms with E-state index in [2.05, 4.69) is 41.1 Å².